The van der Waals surface area contributed by atoms with E-state index in [1.165, 1.54) is 225 Å². The molecular weight excluding hydrogens is 1300 g/mol. The van der Waals surface area contributed by atoms with Gasteiger partial charge in [0.05, 0.1) is 0 Å². The Morgan fingerprint density at radius 2 is 0.308 bits per heavy atom. The van der Waals surface area contributed by atoms with E-state index in [2.05, 4.69) is 34.6 Å². The second-order valence-corrected chi connectivity index (χ2v) is 31.8. The molecule has 0 spiro atoms. The van der Waals surface area contributed by atoms with Gasteiger partial charge in [0, 0.05) is 101 Å². The molecular formula is C86H172N8O10. The molecule has 104 heavy (non-hydrogen) atoms. The fourth-order valence-electron chi connectivity index (χ4n) is 14.5. The molecule has 5 atom stereocenters. The average molecular weight is 1480 g/mol. The molecule has 0 aliphatic heterocycles. The Kier molecular flexibility index (Phi) is 69.6. The van der Waals surface area contributed by atoms with Crippen LogP contribution in [0.25, 0.3) is 0 Å². The summed E-state index contributed by atoms with van der Waals surface area (Å²) in [5.74, 6) is -2.05. The second kappa shape index (κ2) is 71.6. The molecule has 0 radical (unpaired) electrons. The van der Waals surface area contributed by atoms with Crippen molar-refractivity contribution < 1.29 is 49.5 Å². The summed E-state index contributed by atoms with van der Waals surface area (Å²) in [5, 5.41) is 58.5. The predicted molar refractivity (Wildman–Crippen MR) is 436 cm³/mol. The maximum Gasteiger partial charge on any atom is 0.252 e. The smallest absolute Gasteiger partial charge is 0.252 e. The van der Waals surface area contributed by atoms with Crippen molar-refractivity contribution in [3.63, 3.8) is 0 Å². The summed E-state index contributed by atoms with van der Waals surface area (Å²) in [6.45, 7) is 14.5. The van der Waals surface area contributed by atoms with Gasteiger partial charge >= 0.3 is 0 Å². The SMILES string of the molecule is CCCCCCCCCCCCN(C)C(=O)C(O)CN(CCCN(CC(O)C(=O)N(C)CCCCCCCCCCCC)CC(O)C(=O)N(C)CCCCCCCCCCCC)CCCN(CC(O)C(=O)N(C)CCCCCCCCCCCC)CC(O)C(=O)N(C)CCCCCCCCCCCC. The fourth-order valence-corrected chi connectivity index (χ4v) is 14.5. The van der Waals surface area contributed by atoms with Crippen LogP contribution in [0.4, 0.5) is 0 Å². The van der Waals surface area contributed by atoms with Gasteiger partial charge in [0.25, 0.3) is 29.5 Å². The van der Waals surface area contributed by atoms with Crippen molar-refractivity contribution in [2.75, 3.05) is 127 Å². The Hall–Kier alpha value is -2.97. The normalized spacial score (nSPS) is 13.2. The van der Waals surface area contributed by atoms with Crippen molar-refractivity contribution in [3.8, 4) is 0 Å². The van der Waals surface area contributed by atoms with Gasteiger partial charge in [-0.1, -0.05) is 324 Å². The van der Waals surface area contributed by atoms with Gasteiger partial charge in [0.1, 0.15) is 30.5 Å². The lowest BCUT2D eigenvalue weighted by Gasteiger charge is -2.32. The Bertz CT molecular complexity index is 1770. The van der Waals surface area contributed by atoms with Crippen LogP contribution in [0, 0.1) is 0 Å². The topological polar surface area (TPSA) is 212 Å². The average Bonchev–Trinajstić information content (AvgIpc) is 0.785. The molecule has 0 aromatic rings. The zero-order valence-corrected chi connectivity index (χ0v) is 69.9. The summed E-state index contributed by atoms with van der Waals surface area (Å²) >= 11 is 0. The Labute approximate surface area is 641 Å². The number of hydrogen-bond donors (Lipinski definition) is 5. The van der Waals surface area contributed by atoms with E-state index in [1.807, 2.05) is 4.90 Å². The molecule has 5 N–H and O–H groups in total. The zero-order valence-electron chi connectivity index (χ0n) is 69.9. The van der Waals surface area contributed by atoms with E-state index in [4.69, 9.17) is 0 Å². The van der Waals surface area contributed by atoms with Gasteiger partial charge in [0.2, 0.25) is 0 Å². The van der Waals surface area contributed by atoms with Gasteiger partial charge in [-0.25, -0.2) is 0 Å². The summed E-state index contributed by atoms with van der Waals surface area (Å²) in [6, 6.07) is 0. The minimum absolute atomic E-state index is 0.00728. The van der Waals surface area contributed by atoms with Gasteiger partial charge in [0.15, 0.2) is 0 Å². The lowest BCUT2D eigenvalue weighted by molar-refractivity contribution is -0.143. The number of rotatable bonds is 78. The van der Waals surface area contributed by atoms with Crippen LogP contribution in [0.2, 0.25) is 0 Å². The molecule has 0 aromatic heterocycles. The van der Waals surface area contributed by atoms with Crippen LogP contribution in [0.5, 0.6) is 0 Å². The van der Waals surface area contributed by atoms with E-state index in [0.29, 0.717) is 58.7 Å². The molecule has 18 nitrogen and oxygen atoms in total. The third-order valence-electron chi connectivity index (χ3n) is 21.6. The molecule has 5 unspecified atom stereocenters. The van der Waals surface area contributed by atoms with E-state index in [0.717, 1.165) is 96.3 Å². The maximum absolute atomic E-state index is 14.0. The molecule has 0 rings (SSSR count). The van der Waals surface area contributed by atoms with E-state index in [-0.39, 0.29) is 51.7 Å². The molecule has 616 valence electrons. The highest BCUT2D eigenvalue weighted by molar-refractivity contribution is 5.82. The highest BCUT2D eigenvalue weighted by Gasteiger charge is 2.30. The largest absolute Gasteiger partial charge is 0.382 e. The van der Waals surface area contributed by atoms with Crippen LogP contribution in [-0.2, 0) is 24.0 Å². The second-order valence-electron chi connectivity index (χ2n) is 31.8. The van der Waals surface area contributed by atoms with Crippen LogP contribution >= 0.6 is 0 Å². The Morgan fingerprint density at radius 3 is 0.462 bits per heavy atom. The zero-order chi connectivity index (χ0) is 77.1. The third-order valence-corrected chi connectivity index (χ3v) is 21.6. The van der Waals surface area contributed by atoms with E-state index < -0.39 is 54.1 Å². The molecule has 0 heterocycles. The highest BCUT2D eigenvalue weighted by atomic mass is 16.3. The predicted octanol–water partition coefficient (Wildman–Crippen LogP) is 16.4. The molecule has 18 heteroatoms. The summed E-state index contributed by atoms with van der Waals surface area (Å²) in [7, 11) is 8.62. The number of amides is 5. The number of hydrogen-bond acceptors (Lipinski definition) is 13. The summed E-state index contributed by atoms with van der Waals surface area (Å²) < 4.78 is 0. The number of carbonyl (C=O) groups excluding carboxylic acids is 5. The third kappa shape index (κ3) is 57.2. The van der Waals surface area contributed by atoms with Crippen LogP contribution in [0.3, 0.4) is 0 Å². The molecule has 0 fully saturated rings. The molecule has 0 saturated heterocycles. The number of unbranched alkanes of at least 4 members (excludes halogenated alkanes) is 45. The number of nitrogens with zero attached hydrogens (tertiary/aromatic N) is 8. The molecule has 5 amide bonds. The first-order valence-electron chi connectivity index (χ1n) is 44.1. The number of aliphatic hydroxyl groups excluding tert-OH is 5. The maximum atomic E-state index is 14.0. The van der Waals surface area contributed by atoms with Crippen molar-refractivity contribution in [1.82, 2.24) is 39.2 Å². The summed E-state index contributed by atoms with van der Waals surface area (Å²) in [6.07, 6.45) is 52.3. The van der Waals surface area contributed by atoms with Gasteiger partial charge < -0.3 is 54.9 Å². The highest BCUT2D eigenvalue weighted by Crippen LogP contribution is 2.18. The number of aliphatic hydroxyl groups is 5. The molecule has 0 aliphatic carbocycles. The standard InChI is InChI=1S/C86H172N8O10/c1-11-16-21-26-31-36-41-46-51-56-63-87(6)82(100)77(95)72-92(68-61-70-93(73-78(96)83(101)88(7)64-57-52-47-42-37-32-27-22-17-12-2)74-79(97)84(102)89(8)65-58-53-48-43-38-33-28-23-18-13-3)69-62-71-94(75-80(98)85(103)90(9)66-59-54-49-44-39-34-29-24-19-14-4)76-81(99)86(104)91(10)67-60-55-50-45-40-35-30-25-20-15-5/h77-81,95-99H,11-76H2,1-10H3. The van der Waals surface area contributed by atoms with Gasteiger partial charge in [-0.05, 0) is 71.1 Å². The Balaban J connectivity index is 6.77. The minimum atomic E-state index is -1.41. The first-order chi connectivity index (χ1) is 50.3. The quantitative estimate of drug-likeness (QED) is 0.0359. The van der Waals surface area contributed by atoms with Crippen molar-refractivity contribution in [1.29, 1.82) is 0 Å². The molecule has 0 aromatic carbocycles. The van der Waals surface area contributed by atoms with Crippen molar-refractivity contribution in [2.24, 2.45) is 0 Å². The van der Waals surface area contributed by atoms with Gasteiger partial charge in [-0.3, -0.25) is 33.8 Å². The van der Waals surface area contributed by atoms with Crippen molar-refractivity contribution in [3.05, 3.63) is 0 Å². The van der Waals surface area contributed by atoms with Crippen LogP contribution < -0.4 is 0 Å². The molecule has 0 bridgehead atoms. The van der Waals surface area contributed by atoms with E-state index >= 15 is 0 Å². The minimum Gasteiger partial charge on any atom is -0.382 e. The summed E-state index contributed by atoms with van der Waals surface area (Å²) in [4.78, 5) is 83.1. The summed E-state index contributed by atoms with van der Waals surface area (Å²) in [5.41, 5.74) is 0. The first-order valence-corrected chi connectivity index (χ1v) is 44.1. The van der Waals surface area contributed by atoms with E-state index in [1.54, 1.807) is 69.5 Å². The van der Waals surface area contributed by atoms with E-state index in [9.17, 15) is 49.5 Å². The number of likely N-dealkylation sites (N-methyl/N-ethyl adjacent to an activating group) is 5. The van der Waals surface area contributed by atoms with Gasteiger partial charge in [-0.15, -0.1) is 0 Å². The number of carbonyl (C=O) groups is 5. The van der Waals surface area contributed by atoms with Crippen molar-refractivity contribution >= 4 is 29.5 Å². The van der Waals surface area contributed by atoms with Crippen LogP contribution in [-0.4, -0.2) is 252 Å². The molecule has 0 aliphatic rings. The first kappa shape index (κ1) is 101. The molecule has 0 saturated carbocycles. The monoisotopic (exact) mass is 1480 g/mol. The van der Waals surface area contributed by atoms with Crippen LogP contribution in [0.15, 0.2) is 0 Å². The van der Waals surface area contributed by atoms with Crippen LogP contribution in [0.1, 0.15) is 369 Å². The Morgan fingerprint density at radius 1 is 0.183 bits per heavy atom. The lowest BCUT2D eigenvalue weighted by Crippen LogP contribution is -2.50. The van der Waals surface area contributed by atoms with Gasteiger partial charge in [-0.2, -0.15) is 0 Å². The fraction of sp³-hybridized carbons (Fsp3) is 0.942. The van der Waals surface area contributed by atoms with Crippen molar-refractivity contribution in [2.45, 2.75) is 399 Å². The lowest BCUT2D eigenvalue weighted by atomic mass is 10.1.